The number of thiophene rings is 2. The molecule has 0 saturated heterocycles. The lowest BCUT2D eigenvalue weighted by Crippen LogP contribution is -2.22. The molecule has 0 radical (unpaired) electrons. The van der Waals surface area contributed by atoms with Gasteiger partial charge >= 0.3 is 6.18 Å². The lowest BCUT2D eigenvalue weighted by atomic mass is 10.2. The molecule has 0 bridgehead atoms. The smallest absolute Gasteiger partial charge is 0.382 e. The van der Waals surface area contributed by atoms with E-state index in [-0.39, 0.29) is 11.4 Å². The van der Waals surface area contributed by atoms with Crippen LogP contribution in [0.5, 0.6) is 0 Å². The third-order valence-corrected chi connectivity index (χ3v) is 7.17. The van der Waals surface area contributed by atoms with Crippen molar-refractivity contribution in [1.82, 2.24) is 4.72 Å². The Bertz CT molecular complexity index is 994. The van der Waals surface area contributed by atoms with Crippen molar-refractivity contribution in [3.63, 3.8) is 0 Å². The minimum atomic E-state index is -4.52. The van der Waals surface area contributed by atoms with Crippen molar-refractivity contribution in [2.75, 3.05) is 0 Å². The molecule has 27 heavy (non-hydrogen) atoms. The van der Waals surface area contributed by atoms with Gasteiger partial charge in [0.05, 0.1) is 10.5 Å². The molecule has 3 aromatic rings. The van der Waals surface area contributed by atoms with E-state index in [1.165, 1.54) is 22.7 Å². The number of alkyl halides is 3. The quantitative estimate of drug-likeness (QED) is 0.606. The molecule has 2 heterocycles. The van der Waals surface area contributed by atoms with Crippen LogP contribution in [0.1, 0.15) is 26.3 Å². The van der Waals surface area contributed by atoms with Crippen LogP contribution in [0.25, 0.3) is 0 Å². The van der Waals surface area contributed by atoms with Crippen molar-refractivity contribution in [3.8, 4) is 0 Å². The lowest BCUT2D eigenvalue weighted by molar-refractivity contribution is -0.137. The van der Waals surface area contributed by atoms with Crippen molar-refractivity contribution in [3.05, 3.63) is 74.1 Å². The van der Waals surface area contributed by atoms with Gasteiger partial charge in [0.1, 0.15) is 6.10 Å². The summed E-state index contributed by atoms with van der Waals surface area (Å²) in [6, 6.07) is 10.4. The van der Waals surface area contributed by atoms with Crippen LogP contribution in [0.4, 0.5) is 13.2 Å². The average molecular weight is 433 g/mol. The van der Waals surface area contributed by atoms with E-state index < -0.39 is 27.9 Å². The Morgan fingerprint density at radius 3 is 2.33 bits per heavy atom. The van der Waals surface area contributed by atoms with E-state index in [0.29, 0.717) is 9.75 Å². The summed E-state index contributed by atoms with van der Waals surface area (Å²) in [6.45, 7) is -0.0226. The molecule has 1 aromatic carbocycles. The molecule has 0 fully saturated rings. The average Bonchev–Trinajstić information content (AvgIpc) is 3.31. The monoisotopic (exact) mass is 433 g/mol. The van der Waals surface area contributed by atoms with Gasteiger partial charge in [-0.25, -0.2) is 13.1 Å². The van der Waals surface area contributed by atoms with E-state index in [1.54, 1.807) is 12.1 Å². The summed E-state index contributed by atoms with van der Waals surface area (Å²) < 4.78 is 64.6. The number of benzene rings is 1. The topological polar surface area (TPSA) is 66.4 Å². The maximum Gasteiger partial charge on any atom is 0.416 e. The summed E-state index contributed by atoms with van der Waals surface area (Å²) in [5.41, 5.74) is -0.910. The van der Waals surface area contributed by atoms with Crippen LogP contribution in [0.2, 0.25) is 0 Å². The highest BCUT2D eigenvalue weighted by molar-refractivity contribution is 7.89. The van der Waals surface area contributed by atoms with Gasteiger partial charge in [-0.1, -0.05) is 6.07 Å². The fourth-order valence-electron chi connectivity index (χ4n) is 2.30. The van der Waals surface area contributed by atoms with Crippen LogP contribution >= 0.6 is 22.7 Å². The Balaban J connectivity index is 1.67. The van der Waals surface area contributed by atoms with Gasteiger partial charge in [-0.3, -0.25) is 0 Å². The first-order chi connectivity index (χ1) is 12.7. The molecule has 0 aliphatic rings. The van der Waals surface area contributed by atoms with Gasteiger partial charge in [0.2, 0.25) is 10.0 Å². The number of aliphatic hydroxyl groups is 1. The largest absolute Gasteiger partial charge is 0.416 e. The normalized spacial score (nSPS) is 13.6. The molecule has 0 aliphatic carbocycles. The molecule has 4 nitrogen and oxygen atoms in total. The number of rotatable bonds is 6. The zero-order chi connectivity index (χ0) is 19.7. The summed E-state index contributed by atoms with van der Waals surface area (Å²) in [5, 5.41) is 12.1. The zero-order valence-corrected chi connectivity index (χ0v) is 16.1. The molecule has 0 spiro atoms. The Hall–Kier alpha value is -1.72. The van der Waals surface area contributed by atoms with Gasteiger partial charge in [-0.15, -0.1) is 22.7 Å². The molecule has 0 saturated carbocycles. The Morgan fingerprint density at radius 1 is 1.04 bits per heavy atom. The standard InChI is InChI=1S/C17H14F3NO3S3/c18-17(19,20)11-3-6-13(7-4-11)27(23,24)21-10-12-5-8-15(26-12)16(22)14-2-1-9-25-14/h1-9,16,21-22H,10H2. The van der Waals surface area contributed by atoms with Crippen LogP contribution in [0.3, 0.4) is 0 Å². The van der Waals surface area contributed by atoms with Crippen LogP contribution < -0.4 is 4.72 Å². The van der Waals surface area contributed by atoms with Crippen molar-refractivity contribution >= 4 is 32.7 Å². The van der Waals surface area contributed by atoms with Gasteiger partial charge in [0.15, 0.2) is 0 Å². The van der Waals surface area contributed by atoms with E-state index in [2.05, 4.69) is 4.72 Å². The van der Waals surface area contributed by atoms with E-state index in [0.717, 1.165) is 29.1 Å². The summed E-state index contributed by atoms with van der Waals surface area (Å²) in [4.78, 5) is 1.90. The second-order valence-corrected chi connectivity index (χ2v) is 9.51. The Morgan fingerprint density at radius 2 is 1.74 bits per heavy atom. The molecule has 2 aromatic heterocycles. The van der Waals surface area contributed by atoms with Crippen LogP contribution in [-0.2, 0) is 22.7 Å². The molecule has 0 amide bonds. The maximum absolute atomic E-state index is 12.6. The molecular formula is C17H14F3NO3S3. The Labute approximate surface area is 162 Å². The maximum atomic E-state index is 12.6. The second kappa shape index (κ2) is 7.72. The fourth-order valence-corrected chi connectivity index (χ4v) is 5.15. The number of halogens is 3. The van der Waals surface area contributed by atoms with Gasteiger partial charge in [0, 0.05) is 21.2 Å². The molecule has 1 atom stereocenters. The van der Waals surface area contributed by atoms with Gasteiger partial charge < -0.3 is 5.11 Å². The van der Waals surface area contributed by atoms with E-state index in [1.807, 2.05) is 17.5 Å². The highest BCUT2D eigenvalue weighted by atomic mass is 32.2. The molecule has 1 unspecified atom stereocenters. The molecule has 2 N–H and O–H groups in total. The fraction of sp³-hybridized carbons (Fsp3) is 0.176. The summed E-state index contributed by atoms with van der Waals surface area (Å²) in [7, 11) is -3.95. The molecule has 144 valence electrons. The number of hydrogen-bond donors (Lipinski definition) is 2. The summed E-state index contributed by atoms with van der Waals surface area (Å²) in [6.07, 6.45) is -5.29. The molecule has 0 aliphatic heterocycles. The summed E-state index contributed by atoms with van der Waals surface area (Å²) >= 11 is 2.68. The van der Waals surface area contributed by atoms with Crippen molar-refractivity contribution in [2.24, 2.45) is 0 Å². The number of sulfonamides is 1. The van der Waals surface area contributed by atoms with Crippen molar-refractivity contribution < 1.29 is 26.7 Å². The van der Waals surface area contributed by atoms with E-state index in [4.69, 9.17) is 0 Å². The van der Waals surface area contributed by atoms with Crippen LogP contribution in [0.15, 0.2) is 58.8 Å². The molecular weight excluding hydrogens is 419 g/mol. The predicted octanol–water partition coefficient (Wildman–Crippen LogP) is 4.39. The molecule has 10 heteroatoms. The number of aliphatic hydroxyl groups excluding tert-OH is 1. The van der Waals surface area contributed by atoms with Crippen LogP contribution in [0, 0.1) is 0 Å². The first kappa shape index (κ1) is 20.0. The van der Waals surface area contributed by atoms with E-state index >= 15 is 0 Å². The first-order valence-electron chi connectivity index (χ1n) is 7.64. The van der Waals surface area contributed by atoms with Crippen molar-refractivity contribution in [2.45, 2.75) is 23.7 Å². The lowest BCUT2D eigenvalue weighted by Gasteiger charge is -2.09. The molecule has 3 rings (SSSR count). The van der Waals surface area contributed by atoms with Gasteiger partial charge in [0.25, 0.3) is 0 Å². The van der Waals surface area contributed by atoms with Crippen LogP contribution in [-0.4, -0.2) is 13.5 Å². The minimum absolute atomic E-state index is 0.0226. The number of nitrogens with one attached hydrogen (secondary N) is 1. The number of hydrogen-bond acceptors (Lipinski definition) is 5. The Kier molecular flexibility index (Phi) is 5.73. The minimum Gasteiger partial charge on any atom is -0.382 e. The second-order valence-electron chi connectivity index (χ2n) is 5.57. The summed E-state index contributed by atoms with van der Waals surface area (Å²) in [5.74, 6) is 0. The highest BCUT2D eigenvalue weighted by Crippen LogP contribution is 2.31. The SMILES string of the molecule is O=S(=O)(NCc1ccc(C(O)c2cccs2)s1)c1ccc(C(F)(F)F)cc1. The van der Waals surface area contributed by atoms with E-state index in [9.17, 15) is 26.7 Å². The van der Waals surface area contributed by atoms with Gasteiger partial charge in [-0.05, 0) is 47.8 Å². The third kappa shape index (κ3) is 4.77. The highest BCUT2D eigenvalue weighted by Gasteiger charge is 2.30. The van der Waals surface area contributed by atoms with Gasteiger partial charge in [-0.2, -0.15) is 13.2 Å². The zero-order valence-electron chi connectivity index (χ0n) is 13.6. The third-order valence-electron chi connectivity index (χ3n) is 3.69. The van der Waals surface area contributed by atoms with Crippen molar-refractivity contribution in [1.29, 1.82) is 0 Å². The predicted molar refractivity (Wildman–Crippen MR) is 98.2 cm³/mol. The first-order valence-corrected chi connectivity index (χ1v) is 10.8.